The summed E-state index contributed by atoms with van der Waals surface area (Å²) in [7, 11) is -4.01. The second kappa shape index (κ2) is 10.8. The molecule has 0 radical (unpaired) electrons. The fourth-order valence-electron chi connectivity index (χ4n) is 2.82. The molecule has 0 saturated carbocycles. The van der Waals surface area contributed by atoms with Gasteiger partial charge in [0.15, 0.2) is 0 Å². The van der Waals surface area contributed by atoms with Crippen molar-refractivity contribution in [1.29, 1.82) is 0 Å². The average molecular weight is 535 g/mol. The minimum absolute atomic E-state index is 0. The molecule has 0 aliphatic carbocycles. The maximum atomic E-state index is 12.6. The molecule has 0 spiro atoms. The first-order valence-corrected chi connectivity index (χ1v) is 10.5. The Hall–Kier alpha value is -2.98. The molecule has 12 heteroatoms. The predicted molar refractivity (Wildman–Crippen MR) is 118 cm³/mol. The van der Waals surface area contributed by atoms with E-state index >= 15 is 0 Å². The van der Waals surface area contributed by atoms with Crippen LogP contribution < -0.4 is 23.2 Å². The first-order chi connectivity index (χ1) is 14.8. The van der Waals surface area contributed by atoms with Crippen LogP contribution in [0.4, 0.5) is 17.5 Å². The summed E-state index contributed by atoms with van der Waals surface area (Å²) in [4.78, 5) is 25.0. The van der Waals surface area contributed by atoms with Crippen LogP contribution in [0.5, 0.6) is 0 Å². The van der Waals surface area contributed by atoms with Gasteiger partial charge in [-0.15, -0.1) is 0 Å². The quantitative estimate of drug-likeness (QED) is 0.299. The molecule has 0 unspecified atom stereocenters. The van der Waals surface area contributed by atoms with Gasteiger partial charge in [-0.2, -0.15) is 4.98 Å². The molecular weight excluding hydrogens is 519 g/mol. The third-order valence-electron chi connectivity index (χ3n) is 4.35. The molecule has 0 aliphatic rings. The van der Waals surface area contributed by atoms with Gasteiger partial charge in [0, 0.05) is 23.0 Å². The standard InChI is InChI=1S/C21H16N5O4S.ClH.Zn/c1-13-2-7-18-17(10-13)20(27)14(12-30-18)11-24-21-23-9-8-19(26-21)25-15-3-5-16(6-4-15)31(22,28)29;;/h2-12H,1H3,(H2-,22,23,25,26,28,29);1H;/q-1;;+2/p-1/b24-11+;;. The number of fused-ring (bicyclic) bond motifs is 1. The Morgan fingerprint density at radius 3 is 2.55 bits per heavy atom. The molecule has 0 bridgehead atoms. The van der Waals surface area contributed by atoms with E-state index in [1.54, 1.807) is 18.2 Å². The first kappa shape index (κ1) is 26.3. The van der Waals surface area contributed by atoms with Crippen LogP contribution in [0, 0.1) is 6.92 Å². The molecule has 4 rings (SSSR count). The van der Waals surface area contributed by atoms with E-state index in [0.717, 1.165) is 5.56 Å². The minimum atomic E-state index is -4.01. The normalized spacial score (nSPS) is 11.1. The van der Waals surface area contributed by atoms with Crippen molar-refractivity contribution in [3.05, 3.63) is 87.5 Å². The summed E-state index contributed by atoms with van der Waals surface area (Å²) in [6, 6.07) is 12.7. The maximum absolute atomic E-state index is 12.6. The number of nitrogens with zero attached hydrogens (tertiary/aromatic N) is 3. The Kier molecular flexibility index (Phi) is 8.57. The van der Waals surface area contributed by atoms with Gasteiger partial charge in [0.1, 0.15) is 17.7 Å². The number of aliphatic imine (C=N–C) groups is 1. The van der Waals surface area contributed by atoms with Gasteiger partial charge in [0.25, 0.3) is 5.95 Å². The molecule has 4 aromatic rings. The van der Waals surface area contributed by atoms with Crippen LogP contribution in [0.25, 0.3) is 16.1 Å². The fourth-order valence-corrected chi connectivity index (χ4v) is 3.32. The summed E-state index contributed by atoms with van der Waals surface area (Å²) < 4.78 is 28.0. The number of sulfonamides is 1. The molecule has 0 atom stereocenters. The molecule has 2 aromatic heterocycles. The number of aromatic nitrogens is 2. The number of aryl methyl sites for hydroxylation is 1. The molecule has 0 fully saturated rings. The molecule has 33 heavy (non-hydrogen) atoms. The van der Waals surface area contributed by atoms with Crippen molar-refractivity contribution < 1.29 is 44.7 Å². The van der Waals surface area contributed by atoms with Crippen LogP contribution in [0.1, 0.15) is 11.1 Å². The third kappa shape index (κ3) is 6.30. The molecule has 164 valence electrons. The van der Waals surface area contributed by atoms with Gasteiger partial charge in [0.05, 0.1) is 21.0 Å². The van der Waals surface area contributed by atoms with Gasteiger partial charge in [-0.25, -0.2) is 18.4 Å². The number of anilines is 2. The first-order valence-electron chi connectivity index (χ1n) is 9.06. The molecule has 2 N–H and O–H groups in total. The number of benzene rings is 2. The van der Waals surface area contributed by atoms with Crippen LogP contribution in [-0.2, 0) is 29.5 Å². The zero-order valence-corrected chi connectivity index (χ0v) is 21.9. The van der Waals surface area contributed by atoms with Gasteiger partial charge >= 0.3 is 19.5 Å². The van der Waals surface area contributed by atoms with Crippen LogP contribution in [0.3, 0.4) is 0 Å². The summed E-state index contributed by atoms with van der Waals surface area (Å²) in [5.41, 5.74) is 2.09. The smallest absolute Gasteiger partial charge is 1.00 e. The van der Waals surface area contributed by atoms with Crippen LogP contribution >= 0.6 is 0 Å². The van der Waals surface area contributed by atoms with Gasteiger partial charge in [-0.3, -0.25) is 4.79 Å². The van der Waals surface area contributed by atoms with E-state index in [1.165, 1.54) is 42.9 Å². The monoisotopic (exact) mass is 533 g/mol. The van der Waals surface area contributed by atoms with Crippen molar-refractivity contribution in [3.8, 4) is 0 Å². The molecule has 0 aliphatic heterocycles. The zero-order valence-electron chi connectivity index (χ0n) is 17.3. The summed E-state index contributed by atoms with van der Waals surface area (Å²) in [6.07, 6.45) is 4.19. The van der Waals surface area contributed by atoms with Crippen molar-refractivity contribution in [2.75, 3.05) is 5.32 Å². The Balaban J connectivity index is 0.00000193. The van der Waals surface area contributed by atoms with E-state index in [1.807, 2.05) is 13.0 Å². The van der Waals surface area contributed by atoms with E-state index in [9.17, 15) is 13.2 Å². The summed E-state index contributed by atoms with van der Waals surface area (Å²) in [5, 5.41) is 10.5. The molecular formula is C21H16ClN5O4SZn. The topological polar surface area (TPSA) is 138 Å². The predicted octanol–water partition coefficient (Wildman–Crippen LogP) is 1.13. The maximum Gasteiger partial charge on any atom is 2.00 e. The summed E-state index contributed by atoms with van der Waals surface area (Å²) in [5.74, 6) is 0.545. The van der Waals surface area contributed by atoms with Gasteiger partial charge < -0.3 is 27.3 Å². The van der Waals surface area contributed by atoms with E-state index in [0.29, 0.717) is 22.5 Å². The molecule has 2 aromatic carbocycles. The largest absolute Gasteiger partial charge is 2.00 e. The second-order valence-corrected chi connectivity index (χ2v) is 8.15. The van der Waals surface area contributed by atoms with Crippen molar-refractivity contribution in [2.24, 2.45) is 4.99 Å². The molecule has 0 amide bonds. The Labute approximate surface area is 208 Å². The van der Waals surface area contributed by atoms with E-state index in [2.05, 4.69) is 20.3 Å². The van der Waals surface area contributed by atoms with Crippen molar-refractivity contribution >= 4 is 44.7 Å². The second-order valence-electron chi connectivity index (χ2n) is 6.67. The van der Waals surface area contributed by atoms with Crippen molar-refractivity contribution in [1.82, 2.24) is 9.97 Å². The third-order valence-corrected chi connectivity index (χ3v) is 5.25. The average Bonchev–Trinajstić information content (AvgIpc) is 2.74. The van der Waals surface area contributed by atoms with Crippen molar-refractivity contribution in [2.45, 2.75) is 11.8 Å². The molecule has 0 saturated heterocycles. The van der Waals surface area contributed by atoms with Crippen molar-refractivity contribution in [3.63, 3.8) is 0 Å². The van der Waals surface area contributed by atoms with Gasteiger partial charge in [0.2, 0.25) is 5.43 Å². The Morgan fingerprint density at radius 1 is 1.12 bits per heavy atom. The number of hydrogen-bond donors (Lipinski definition) is 1. The number of halogens is 1. The van der Waals surface area contributed by atoms with E-state index in [-0.39, 0.29) is 53.7 Å². The fraction of sp³-hybridized carbons (Fsp3) is 0.0476. The van der Waals surface area contributed by atoms with E-state index < -0.39 is 10.0 Å². The Morgan fingerprint density at radius 2 is 1.85 bits per heavy atom. The molecule has 9 nitrogen and oxygen atoms in total. The minimum Gasteiger partial charge on any atom is -1.00 e. The SMILES string of the molecule is Cc1ccc2occ(/C=N/c3nccc(Nc4ccc(S([NH-])(=O)=O)cc4)n3)c(=O)c2c1.[Cl-].[Zn+2]. The number of rotatable bonds is 5. The van der Waals surface area contributed by atoms with Crippen LogP contribution in [0.2, 0.25) is 0 Å². The zero-order chi connectivity index (χ0) is 22.0. The van der Waals surface area contributed by atoms with E-state index in [4.69, 9.17) is 9.56 Å². The van der Waals surface area contributed by atoms with Crippen LogP contribution in [0.15, 0.2) is 80.1 Å². The summed E-state index contributed by atoms with van der Waals surface area (Å²) in [6.45, 7) is 1.89. The number of nitrogens with one attached hydrogen (secondary N) is 2. The summed E-state index contributed by atoms with van der Waals surface area (Å²) >= 11 is 0. The van der Waals surface area contributed by atoms with Gasteiger partial charge in [-0.1, -0.05) is 11.6 Å². The molecule has 2 heterocycles. The van der Waals surface area contributed by atoms with Crippen LogP contribution in [-0.4, -0.2) is 24.6 Å². The Bertz CT molecular complexity index is 1470. The van der Waals surface area contributed by atoms with Gasteiger partial charge in [-0.05, 0) is 49.4 Å². The number of hydrogen-bond acceptors (Lipinski definition) is 8.